The van der Waals surface area contributed by atoms with E-state index < -0.39 is 0 Å². The van der Waals surface area contributed by atoms with Crippen molar-refractivity contribution in [1.29, 1.82) is 0 Å². The molecule has 0 amide bonds. The normalized spacial score (nSPS) is 12.0. The SMILES string of the molecule is c1ccc(-c2ccc3oc4ccc(-c5cccc(-n6c7ccccc7c7c8oc9ccccc9c8ccc76)c5)cc4c3c2)cc1. The molecule has 0 saturated heterocycles. The summed E-state index contributed by atoms with van der Waals surface area (Å²) < 4.78 is 15.1. The van der Waals surface area contributed by atoms with Crippen LogP contribution in [0, 0.1) is 0 Å². The van der Waals surface area contributed by atoms with Crippen LogP contribution in [0.5, 0.6) is 0 Å². The Kier molecular flexibility index (Phi) is 5.00. The van der Waals surface area contributed by atoms with E-state index in [2.05, 4.69) is 144 Å². The third-order valence-corrected chi connectivity index (χ3v) is 9.19. The standard InChI is InChI=1S/C42H25NO2/c1-2-9-26(10-3-1)28-17-21-39-34(24-28)35-25-29(18-22-40(35)44-39)27-11-8-12-30(23-27)43-36-15-6-4-14-33(36)41-37(43)20-19-32-31-13-5-7-16-38(31)45-42(32)41/h1-25H. The van der Waals surface area contributed by atoms with Crippen molar-refractivity contribution in [3.63, 3.8) is 0 Å². The Labute approximate surface area is 258 Å². The maximum Gasteiger partial charge on any atom is 0.145 e. The van der Waals surface area contributed by atoms with Crippen LogP contribution in [0.3, 0.4) is 0 Å². The van der Waals surface area contributed by atoms with Crippen molar-refractivity contribution < 1.29 is 8.83 Å². The minimum atomic E-state index is 0.896. The van der Waals surface area contributed by atoms with Crippen molar-refractivity contribution in [1.82, 2.24) is 4.57 Å². The van der Waals surface area contributed by atoms with Crippen molar-refractivity contribution in [2.24, 2.45) is 0 Å². The van der Waals surface area contributed by atoms with Gasteiger partial charge in [0.1, 0.15) is 22.3 Å². The van der Waals surface area contributed by atoms with Gasteiger partial charge in [0.05, 0.1) is 16.4 Å². The summed E-state index contributed by atoms with van der Waals surface area (Å²) in [5.74, 6) is 0. The molecule has 0 unspecified atom stereocenters. The first-order chi connectivity index (χ1) is 22.3. The molecule has 0 fully saturated rings. The molecule has 3 aromatic heterocycles. The lowest BCUT2D eigenvalue weighted by atomic mass is 10.00. The molecule has 0 N–H and O–H groups in total. The Morgan fingerprint density at radius 2 is 1.00 bits per heavy atom. The molecule has 0 bridgehead atoms. The van der Waals surface area contributed by atoms with Crippen molar-refractivity contribution >= 4 is 65.7 Å². The van der Waals surface area contributed by atoms with Gasteiger partial charge in [-0.25, -0.2) is 0 Å². The van der Waals surface area contributed by atoms with Gasteiger partial charge in [-0.1, -0.05) is 91.0 Å². The minimum Gasteiger partial charge on any atom is -0.456 e. The van der Waals surface area contributed by atoms with E-state index in [0.29, 0.717) is 0 Å². The fourth-order valence-corrected chi connectivity index (χ4v) is 7.10. The van der Waals surface area contributed by atoms with Crippen LogP contribution in [0.2, 0.25) is 0 Å². The third-order valence-electron chi connectivity index (χ3n) is 9.19. The average Bonchev–Trinajstić information content (AvgIpc) is 3.77. The number of hydrogen-bond acceptors (Lipinski definition) is 2. The highest BCUT2D eigenvalue weighted by atomic mass is 16.3. The summed E-state index contributed by atoms with van der Waals surface area (Å²) in [4.78, 5) is 0. The van der Waals surface area contributed by atoms with Gasteiger partial charge in [0.25, 0.3) is 0 Å². The van der Waals surface area contributed by atoms with Gasteiger partial charge in [0.15, 0.2) is 0 Å². The van der Waals surface area contributed by atoms with Crippen LogP contribution in [0.15, 0.2) is 160 Å². The summed E-state index contributed by atoms with van der Waals surface area (Å²) in [5.41, 5.74) is 11.7. The van der Waals surface area contributed by atoms with Gasteiger partial charge in [-0.15, -0.1) is 0 Å². The Morgan fingerprint density at radius 3 is 1.82 bits per heavy atom. The van der Waals surface area contributed by atoms with Crippen LogP contribution in [-0.4, -0.2) is 4.57 Å². The Morgan fingerprint density at radius 1 is 0.356 bits per heavy atom. The highest BCUT2D eigenvalue weighted by Crippen LogP contribution is 2.41. The zero-order chi connectivity index (χ0) is 29.5. The summed E-state index contributed by atoms with van der Waals surface area (Å²) in [6.45, 7) is 0. The van der Waals surface area contributed by atoms with Crippen LogP contribution >= 0.6 is 0 Å². The van der Waals surface area contributed by atoms with Crippen LogP contribution < -0.4 is 0 Å². The summed E-state index contributed by atoms with van der Waals surface area (Å²) >= 11 is 0. The summed E-state index contributed by atoms with van der Waals surface area (Å²) in [7, 11) is 0. The zero-order valence-electron chi connectivity index (χ0n) is 24.2. The molecule has 10 aromatic rings. The van der Waals surface area contributed by atoms with Crippen LogP contribution in [0.25, 0.3) is 93.6 Å². The zero-order valence-corrected chi connectivity index (χ0v) is 24.2. The highest BCUT2D eigenvalue weighted by Gasteiger charge is 2.19. The van der Waals surface area contributed by atoms with E-state index in [1.807, 2.05) is 12.1 Å². The fraction of sp³-hybridized carbons (Fsp3) is 0. The molecular formula is C42H25NO2. The van der Waals surface area contributed by atoms with Gasteiger partial charge < -0.3 is 13.4 Å². The third kappa shape index (κ3) is 3.58. The van der Waals surface area contributed by atoms with Crippen molar-refractivity contribution in [3.05, 3.63) is 152 Å². The molecule has 0 aliphatic rings. The first-order valence-electron chi connectivity index (χ1n) is 15.3. The number of nitrogens with zero attached hydrogens (tertiary/aromatic N) is 1. The number of aromatic nitrogens is 1. The van der Waals surface area contributed by atoms with E-state index in [-0.39, 0.29) is 0 Å². The molecule has 210 valence electrons. The second-order valence-corrected chi connectivity index (χ2v) is 11.7. The summed E-state index contributed by atoms with van der Waals surface area (Å²) in [6, 6.07) is 53.6. The molecule has 45 heavy (non-hydrogen) atoms. The van der Waals surface area contributed by atoms with Crippen LogP contribution in [-0.2, 0) is 0 Å². The molecule has 3 nitrogen and oxygen atoms in total. The number of rotatable bonds is 3. The molecule has 0 atom stereocenters. The lowest BCUT2D eigenvalue weighted by Crippen LogP contribution is -1.94. The van der Waals surface area contributed by atoms with Gasteiger partial charge in [0.2, 0.25) is 0 Å². The molecule has 7 aromatic carbocycles. The van der Waals surface area contributed by atoms with E-state index in [1.54, 1.807) is 0 Å². The topological polar surface area (TPSA) is 31.2 Å². The summed E-state index contributed by atoms with van der Waals surface area (Å²) in [6.07, 6.45) is 0. The second-order valence-electron chi connectivity index (χ2n) is 11.7. The lowest BCUT2D eigenvalue weighted by molar-refractivity contribution is 0.669. The van der Waals surface area contributed by atoms with Gasteiger partial charge >= 0.3 is 0 Å². The summed E-state index contributed by atoms with van der Waals surface area (Å²) in [5, 5.41) is 6.86. The van der Waals surface area contributed by atoms with Crippen LogP contribution in [0.4, 0.5) is 0 Å². The maximum atomic E-state index is 6.50. The molecule has 0 aliphatic heterocycles. The van der Waals surface area contributed by atoms with E-state index in [0.717, 1.165) is 77.1 Å². The first kappa shape index (κ1) is 24.4. The lowest BCUT2D eigenvalue weighted by Gasteiger charge is -2.10. The van der Waals surface area contributed by atoms with Gasteiger partial charge in [0, 0.05) is 32.6 Å². The predicted octanol–water partition coefficient (Wildman–Crippen LogP) is 11.9. The van der Waals surface area contributed by atoms with Gasteiger partial charge in [-0.2, -0.15) is 0 Å². The first-order valence-corrected chi connectivity index (χ1v) is 15.3. The molecule has 3 heterocycles. The van der Waals surface area contributed by atoms with Crippen molar-refractivity contribution in [2.75, 3.05) is 0 Å². The number of benzene rings is 7. The van der Waals surface area contributed by atoms with Gasteiger partial charge in [-0.3, -0.25) is 0 Å². The molecule has 10 rings (SSSR count). The second kappa shape index (κ2) is 9.22. The molecule has 0 radical (unpaired) electrons. The molecule has 0 aliphatic carbocycles. The predicted molar refractivity (Wildman–Crippen MR) is 186 cm³/mol. The van der Waals surface area contributed by atoms with E-state index in [1.165, 1.54) is 16.5 Å². The van der Waals surface area contributed by atoms with Crippen molar-refractivity contribution in [2.45, 2.75) is 0 Å². The quantitative estimate of drug-likeness (QED) is 0.210. The molecular weight excluding hydrogens is 550 g/mol. The fourth-order valence-electron chi connectivity index (χ4n) is 7.10. The van der Waals surface area contributed by atoms with E-state index in [9.17, 15) is 0 Å². The van der Waals surface area contributed by atoms with Crippen molar-refractivity contribution in [3.8, 4) is 27.9 Å². The Hall–Kier alpha value is -6.06. The monoisotopic (exact) mass is 575 g/mol. The molecule has 0 saturated carbocycles. The van der Waals surface area contributed by atoms with Gasteiger partial charge in [-0.05, 0) is 82.9 Å². The number of furan rings is 2. The minimum absolute atomic E-state index is 0.896. The molecule has 0 spiro atoms. The highest BCUT2D eigenvalue weighted by molar-refractivity contribution is 6.23. The maximum absolute atomic E-state index is 6.50. The largest absolute Gasteiger partial charge is 0.456 e. The van der Waals surface area contributed by atoms with E-state index in [4.69, 9.17) is 8.83 Å². The molecule has 3 heteroatoms. The van der Waals surface area contributed by atoms with E-state index >= 15 is 0 Å². The smallest absolute Gasteiger partial charge is 0.145 e. The number of para-hydroxylation sites is 2. The number of hydrogen-bond donors (Lipinski definition) is 0. The Balaban J connectivity index is 1.16. The van der Waals surface area contributed by atoms with Crippen LogP contribution in [0.1, 0.15) is 0 Å². The average molecular weight is 576 g/mol. The Bertz CT molecular complexity index is 2760. The number of fused-ring (bicyclic) bond motifs is 10.